The number of amides is 1. The number of likely N-dealkylation sites (N-methyl/N-ethyl adjacent to an activating group) is 2. The van der Waals surface area contributed by atoms with E-state index in [1.54, 1.807) is 74.4 Å². The highest BCUT2D eigenvalue weighted by Crippen LogP contribution is 2.44. The number of cyclic esters (lactones) is 1. The first-order chi connectivity index (χ1) is 36.8. The van der Waals surface area contributed by atoms with Gasteiger partial charge in [-0.05, 0) is 93.7 Å². The summed E-state index contributed by atoms with van der Waals surface area (Å²) in [6, 6.07) is -2.57. The zero-order valence-electron chi connectivity index (χ0n) is 49.1. The number of Topliss-reactive ketones (excluding diaryl/α,β-unsaturated/α-hetero) is 1. The molecule has 24 nitrogen and oxygen atoms in total. The summed E-state index contributed by atoms with van der Waals surface area (Å²) in [5.41, 5.74) is -4.89. The van der Waals surface area contributed by atoms with Crippen molar-refractivity contribution in [3.8, 4) is 0 Å². The van der Waals surface area contributed by atoms with Crippen LogP contribution in [0, 0.1) is 29.6 Å². The van der Waals surface area contributed by atoms with Crippen LogP contribution in [0.4, 0.5) is 0 Å². The van der Waals surface area contributed by atoms with Crippen LogP contribution in [0.2, 0.25) is 0 Å². The molecule has 458 valence electrons. The number of hydrogen-bond donors (Lipinski definition) is 11. The fraction of sp³-hybridized carbons (Fsp3) is 0.945. The van der Waals surface area contributed by atoms with Crippen LogP contribution in [0.15, 0.2) is 0 Å². The average Bonchev–Trinajstić information content (AvgIpc) is 3.37. The zero-order valence-corrected chi connectivity index (χ0v) is 49.1. The average molecular weight is 1140 g/mol. The molecule has 79 heavy (non-hydrogen) atoms. The Kier molecular flexibility index (Phi) is 22.1. The maximum atomic E-state index is 14.5. The summed E-state index contributed by atoms with van der Waals surface area (Å²) in [5.74, 6) is -7.79. The maximum absolute atomic E-state index is 14.5. The summed E-state index contributed by atoms with van der Waals surface area (Å²) in [4.78, 5) is 42.9. The van der Waals surface area contributed by atoms with Crippen LogP contribution in [-0.4, -0.2) is 243 Å². The van der Waals surface area contributed by atoms with Gasteiger partial charge in [0, 0.05) is 63.9 Å². The number of ether oxygens (including phenoxy) is 9. The first kappa shape index (κ1) is 66.0. The van der Waals surface area contributed by atoms with Crippen LogP contribution in [-0.2, 0) is 57.0 Å². The smallest absolute Gasteiger partial charge is 0.311 e. The van der Waals surface area contributed by atoms with E-state index in [1.807, 2.05) is 20.8 Å². The lowest BCUT2D eigenvalue weighted by Crippen LogP contribution is -2.78. The van der Waals surface area contributed by atoms with Crippen LogP contribution >= 0.6 is 0 Å². The van der Waals surface area contributed by atoms with Gasteiger partial charge in [-0.2, -0.15) is 0 Å². The number of esters is 1. The van der Waals surface area contributed by atoms with E-state index >= 15 is 0 Å². The van der Waals surface area contributed by atoms with Gasteiger partial charge in [-0.3, -0.25) is 19.3 Å². The maximum Gasteiger partial charge on any atom is 0.311 e. The van der Waals surface area contributed by atoms with Gasteiger partial charge in [0.1, 0.15) is 42.2 Å². The van der Waals surface area contributed by atoms with Crippen LogP contribution in [0.3, 0.4) is 0 Å². The lowest BCUT2D eigenvalue weighted by Gasteiger charge is -2.56. The number of carbonyl (C=O) groups is 3. The van der Waals surface area contributed by atoms with Crippen molar-refractivity contribution in [2.75, 3.05) is 40.8 Å². The van der Waals surface area contributed by atoms with Gasteiger partial charge in [-0.1, -0.05) is 34.6 Å². The Morgan fingerprint density at radius 2 is 1.46 bits per heavy atom. The molecule has 6 rings (SSSR count). The van der Waals surface area contributed by atoms with Gasteiger partial charge in [-0.15, -0.1) is 0 Å². The molecule has 5 heterocycles. The third kappa shape index (κ3) is 14.0. The molecular formula is C55H98N4O20. The second-order valence-electron chi connectivity index (χ2n) is 24.8. The van der Waals surface area contributed by atoms with E-state index in [9.17, 15) is 55.2 Å². The summed E-state index contributed by atoms with van der Waals surface area (Å²) in [5, 5.41) is 104. The highest BCUT2D eigenvalue weighted by atomic mass is 16.8. The number of carbonyl (C=O) groups excluding carboxylic acids is 3. The molecule has 5 saturated heterocycles. The van der Waals surface area contributed by atoms with Crippen LogP contribution in [0.1, 0.15) is 122 Å². The molecule has 11 N–H and O–H groups in total. The SMILES string of the molecule is CC[C@H]1OC(=O)[C@H](C)[C@@H](OC2CC(C)(OC)C(O)C(C)O2)[C@H](C)[C@@H](OC2OC(C)CC(C)C2O)[C@](C)(O)C[C@@H](C)[C@H](NCCNC(=O)CCN(C)[C@H]2[C@@H](O)[C@@H](NC)[C@H](O)[C@H]3O[C@@H]4O[C@H](C)CC(=O)[C@]4(O)O[C@@H]32)[C@H](C)[C@@H](O)[C@]1(C)O. The number of aliphatic hydroxyl groups excluding tert-OH is 5. The molecule has 1 amide bonds. The number of ketones is 1. The van der Waals surface area contributed by atoms with Gasteiger partial charge in [0.2, 0.25) is 12.2 Å². The standard InChI is InChI=1S/C55H98N4O20/c1-16-34-54(12,69)46(65)29(6)37(58-19-18-57-35(61)17-20-59(14)39-41(63)38(56-13)42(64)45-44(39)79-55(70)33(60)22-28(5)73-51(55)77-45)26(3)23-52(10,68)48(78-50-40(62)25(2)21-27(4)72-50)30(7)43(31(8)49(67)75-34)76-36-24-53(11,71-15)47(66)32(9)74-36/h25-32,34,36-48,50-51,56,58,62-66,68-70H,16-24H2,1-15H3,(H,57,61)/t25?,26-,27?,28-,29+,30+,31-,32?,34-,36?,37+,38-,39+,40?,41+,42+,43+,44-,45-,46-,47?,48-,50?,51+,52-,53?,54-,55+/m1/s1. The van der Waals surface area contributed by atoms with Crippen LogP contribution < -0.4 is 16.0 Å². The number of hydrogen-bond acceptors (Lipinski definition) is 23. The third-order valence-electron chi connectivity index (χ3n) is 18.4. The van der Waals surface area contributed by atoms with Crippen LogP contribution in [0.5, 0.6) is 0 Å². The van der Waals surface area contributed by atoms with Crippen molar-refractivity contribution < 1.29 is 97.9 Å². The van der Waals surface area contributed by atoms with Crippen molar-refractivity contribution in [3.05, 3.63) is 0 Å². The quantitative estimate of drug-likeness (QED) is 0.0705. The normalized spacial score (nSPS) is 49.5. The molecule has 28 atom stereocenters. The van der Waals surface area contributed by atoms with E-state index in [4.69, 9.17) is 42.6 Å². The van der Waals surface area contributed by atoms with Crippen molar-refractivity contribution in [2.24, 2.45) is 29.6 Å². The van der Waals surface area contributed by atoms with Gasteiger partial charge in [0.25, 0.3) is 5.79 Å². The Bertz CT molecular complexity index is 2030. The summed E-state index contributed by atoms with van der Waals surface area (Å²) >= 11 is 0. The number of nitrogens with one attached hydrogen (secondary N) is 3. The fourth-order valence-electron chi connectivity index (χ4n) is 13.5. The minimum Gasteiger partial charge on any atom is -0.459 e. The van der Waals surface area contributed by atoms with Gasteiger partial charge in [-0.25, -0.2) is 0 Å². The van der Waals surface area contributed by atoms with E-state index in [0.29, 0.717) is 6.42 Å². The number of nitrogens with zero attached hydrogens (tertiary/aromatic N) is 1. The van der Waals surface area contributed by atoms with Gasteiger partial charge in [0.05, 0.1) is 71.9 Å². The van der Waals surface area contributed by atoms with Crippen molar-refractivity contribution in [3.63, 3.8) is 0 Å². The molecule has 1 aliphatic carbocycles. The molecule has 0 aromatic rings. The van der Waals surface area contributed by atoms with E-state index in [2.05, 4.69) is 16.0 Å². The van der Waals surface area contributed by atoms with Gasteiger partial charge in [0.15, 0.2) is 18.4 Å². The highest BCUT2D eigenvalue weighted by Gasteiger charge is 2.64. The molecule has 8 unspecified atom stereocenters. The molecule has 24 heteroatoms. The predicted molar refractivity (Wildman–Crippen MR) is 282 cm³/mol. The molecule has 0 aromatic carbocycles. The number of aliphatic hydroxyl groups is 8. The summed E-state index contributed by atoms with van der Waals surface area (Å²) in [6.45, 7) is 20.8. The highest BCUT2D eigenvalue weighted by molar-refractivity contribution is 5.87. The topological polar surface area (TPSA) is 335 Å². The monoisotopic (exact) mass is 1130 g/mol. The number of rotatable bonds is 15. The number of fused-ring (bicyclic) bond motifs is 2. The Morgan fingerprint density at radius 3 is 2.09 bits per heavy atom. The second-order valence-corrected chi connectivity index (χ2v) is 24.8. The molecule has 1 saturated carbocycles. The van der Waals surface area contributed by atoms with Crippen molar-refractivity contribution in [2.45, 2.75) is 261 Å². The van der Waals surface area contributed by atoms with Gasteiger partial charge >= 0.3 is 5.97 Å². The van der Waals surface area contributed by atoms with Gasteiger partial charge < -0.3 is 99.4 Å². The zero-order chi connectivity index (χ0) is 59.0. The van der Waals surface area contributed by atoms with Crippen molar-refractivity contribution >= 4 is 17.7 Å². The fourth-order valence-corrected chi connectivity index (χ4v) is 13.5. The lowest BCUT2D eigenvalue weighted by atomic mass is 9.72. The predicted octanol–water partition coefficient (Wildman–Crippen LogP) is -0.813. The first-order valence-electron chi connectivity index (χ1n) is 28.6. The molecule has 0 aromatic heterocycles. The van der Waals surface area contributed by atoms with E-state index in [1.165, 1.54) is 14.0 Å². The molecular weight excluding hydrogens is 1040 g/mol. The summed E-state index contributed by atoms with van der Waals surface area (Å²) < 4.78 is 55.6. The van der Waals surface area contributed by atoms with E-state index < -0.39 is 168 Å². The van der Waals surface area contributed by atoms with Crippen LogP contribution in [0.25, 0.3) is 0 Å². The Balaban J connectivity index is 1.22. The minimum atomic E-state index is -2.48. The largest absolute Gasteiger partial charge is 0.459 e. The Hall–Kier alpha value is -2.15. The van der Waals surface area contributed by atoms with E-state index in [0.717, 1.165) is 0 Å². The van der Waals surface area contributed by atoms with E-state index in [-0.39, 0.29) is 69.7 Å². The van der Waals surface area contributed by atoms with Crippen molar-refractivity contribution in [1.29, 1.82) is 0 Å². The third-order valence-corrected chi connectivity index (χ3v) is 18.4. The molecule has 0 spiro atoms. The Morgan fingerprint density at radius 1 is 0.785 bits per heavy atom. The second kappa shape index (κ2) is 26.4. The molecule has 0 bridgehead atoms. The molecule has 6 fully saturated rings. The summed E-state index contributed by atoms with van der Waals surface area (Å²) in [6.07, 6.45) is -17.0. The number of methoxy groups -OCH3 is 1. The first-order valence-corrected chi connectivity index (χ1v) is 28.6. The molecule has 5 aliphatic heterocycles. The molecule has 0 radical (unpaired) electrons. The Labute approximate surface area is 466 Å². The minimum absolute atomic E-state index is 0.00737. The lowest BCUT2D eigenvalue weighted by molar-refractivity contribution is -0.423. The van der Waals surface area contributed by atoms with Crippen molar-refractivity contribution in [1.82, 2.24) is 20.9 Å². The molecule has 6 aliphatic rings. The summed E-state index contributed by atoms with van der Waals surface area (Å²) in [7, 11) is 4.68.